The number of amides is 2. The van der Waals surface area contributed by atoms with Crippen LogP contribution in [0.2, 0.25) is 5.02 Å². The summed E-state index contributed by atoms with van der Waals surface area (Å²) in [7, 11) is 3.02. The Labute approximate surface area is 159 Å². The predicted molar refractivity (Wildman–Crippen MR) is 102 cm³/mol. The molecule has 0 aromatic heterocycles. The zero-order valence-electron chi connectivity index (χ0n) is 15.6. The van der Waals surface area contributed by atoms with E-state index in [9.17, 15) is 9.59 Å². The van der Waals surface area contributed by atoms with Gasteiger partial charge in [0, 0.05) is 38.1 Å². The molecule has 0 radical (unpaired) electrons. The van der Waals surface area contributed by atoms with Gasteiger partial charge in [-0.15, -0.1) is 0 Å². The third-order valence-corrected chi connectivity index (χ3v) is 5.04. The van der Waals surface area contributed by atoms with E-state index in [2.05, 4.69) is 5.32 Å². The molecule has 6 nitrogen and oxygen atoms in total. The zero-order chi connectivity index (χ0) is 19.1. The SMILES string of the molecule is COc1cc(NC(=O)CCN(C(C)=O)C2CCCCC2)c(OC)cc1Cl. The first kappa shape index (κ1) is 20.4. The minimum absolute atomic E-state index is 0.0236. The predicted octanol–water partition coefficient (Wildman–Crippen LogP) is 3.87. The lowest BCUT2D eigenvalue weighted by Gasteiger charge is -2.33. The normalized spacial score (nSPS) is 14.6. The molecule has 1 fully saturated rings. The molecule has 1 aliphatic rings. The Morgan fingerprint density at radius 2 is 1.81 bits per heavy atom. The van der Waals surface area contributed by atoms with Crippen molar-refractivity contribution >= 4 is 29.1 Å². The highest BCUT2D eigenvalue weighted by Crippen LogP contribution is 2.36. The highest BCUT2D eigenvalue weighted by Gasteiger charge is 2.23. The van der Waals surface area contributed by atoms with Crippen molar-refractivity contribution in [1.82, 2.24) is 4.90 Å². The summed E-state index contributed by atoms with van der Waals surface area (Å²) < 4.78 is 10.5. The van der Waals surface area contributed by atoms with Crippen molar-refractivity contribution < 1.29 is 19.1 Å². The van der Waals surface area contributed by atoms with Crippen LogP contribution in [0.15, 0.2) is 12.1 Å². The maximum Gasteiger partial charge on any atom is 0.226 e. The van der Waals surface area contributed by atoms with Crippen LogP contribution in [0.25, 0.3) is 0 Å². The zero-order valence-corrected chi connectivity index (χ0v) is 16.4. The van der Waals surface area contributed by atoms with Crippen LogP contribution >= 0.6 is 11.6 Å². The topological polar surface area (TPSA) is 67.9 Å². The first-order valence-corrected chi connectivity index (χ1v) is 9.32. The lowest BCUT2D eigenvalue weighted by atomic mass is 9.94. The molecule has 1 saturated carbocycles. The molecule has 1 aromatic carbocycles. The number of carbonyl (C=O) groups is 2. The molecular weight excluding hydrogens is 356 g/mol. The van der Waals surface area contributed by atoms with Crippen LogP contribution in [0, 0.1) is 0 Å². The summed E-state index contributed by atoms with van der Waals surface area (Å²) in [4.78, 5) is 26.2. The molecule has 1 N–H and O–H groups in total. The van der Waals surface area contributed by atoms with Crippen molar-refractivity contribution in [3.05, 3.63) is 17.2 Å². The van der Waals surface area contributed by atoms with Crippen LogP contribution in [0.5, 0.6) is 11.5 Å². The molecule has 1 aliphatic carbocycles. The van der Waals surface area contributed by atoms with Gasteiger partial charge in [0.2, 0.25) is 11.8 Å². The summed E-state index contributed by atoms with van der Waals surface area (Å²) in [6.07, 6.45) is 5.77. The number of hydrogen-bond acceptors (Lipinski definition) is 4. The number of methoxy groups -OCH3 is 2. The Kier molecular flexibility index (Phi) is 7.57. The Bertz CT molecular complexity index is 645. The molecule has 2 amide bonds. The molecule has 1 aromatic rings. The Balaban J connectivity index is 2.00. The summed E-state index contributed by atoms with van der Waals surface area (Å²) in [5, 5.41) is 3.23. The summed E-state index contributed by atoms with van der Waals surface area (Å²) in [6.45, 7) is 1.98. The number of nitrogens with zero attached hydrogens (tertiary/aromatic N) is 1. The number of nitrogens with one attached hydrogen (secondary N) is 1. The number of hydrogen-bond donors (Lipinski definition) is 1. The fourth-order valence-electron chi connectivity index (χ4n) is 3.38. The van der Waals surface area contributed by atoms with Crippen molar-refractivity contribution in [2.45, 2.75) is 51.5 Å². The molecular formula is C19H27ClN2O4. The van der Waals surface area contributed by atoms with Crippen LogP contribution in [0.4, 0.5) is 5.69 Å². The van der Waals surface area contributed by atoms with Gasteiger partial charge in [0.15, 0.2) is 0 Å². The van der Waals surface area contributed by atoms with E-state index in [0.717, 1.165) is 25.7 Å². The minimum atomic E-state index is -0.185. The number of ether oxygens (including phenoxy) is 2. The highest BCUT2D eigenvalue weighted by molar-refractivity contribution is 6.32. The van der Waals surface area contributed by atoms with E-state index in [1.807, 2.05) is 4.90 Å². The lowest BCUT2D eigenvalue weighted by molar-refractivity contribution is -0.132. The van der Waals surface area contributed by atoms with Crippen LogP contribution in [0.1, 0.15) is 45.4 Å². The second-order valence-corrected chi connectivity index (χ2v) is 6.90. The first-order valence-electron chi connectivity index (χ1n) is 8.94. The van der Waals surface area contributed by atoms with Crippen molar-refractivity contribution in [2.75, 3.05) is 26.1 Å². The largest absolute Gasteiger partial charge is 0.495 e. The maximum atomic E-state index is 12.4. The van der Waals surface area contributed by atoms with Gasteiger partial charge in [0.05, 0.1) is 24.9 Å². The van der Waals surface area contributed by atoms with Crippen molar-refractivity contribution in [1.29, 1.82) is 0 Å². The quantitative estimate of drug-likeness (QED) is 0.777. The molecule has 0 heterocycles. The van der Waals surface area contributed by atoms with Gasteiger partial charge in [0.1, 0.15) is 11.5 Å². The standard InChI is InChI=1S/C19H27ClN2O4/c1-13(23)22(14-7-5-4-6-8-14)10-9-19(24)21-16-12-17(25-2)15(20)11-18(16)26-3/h11-12,14H,4-10H2,1-3H3,(H,21,24). The van der Waals surface area contributed by atoms with Gasteiger partial charge in [0.25, 0.3) is 0 Å². The molecule has 0 atom stereocenters. The fraction of sp³-hybridized carbons (Fsp3) is 0.579. The molecule has 0 unspecified atom stereocenters. The maximum absolute atomic E-state index is 12.4. The summed E-state index contributed by atoms with van der Waals surface area (Å²) in [5.74, 6) is 0.750. The second kappa shape index (κ2) is 9.67. The molecule has 7 heteroatoms. The van der Waals surface area contributed by atoms with Crippen LogP contribution < -0.4 is 14.8 Å². The molecule has 0 bridgehead atoms. The molecule has 144 valence electrons. The average molecular weight is 383 g/mol. The van der Waals surface area contributed by atoms with E-state index in [0.29, 0.717) is 28.8 Å². The number of rotatable bonds is 7. The lowest BCUT2D eigenvalue weighted by Crippen LogP contribution is -2.41. The molecule has 0 saturated heterocycles. The van der Waals surface area contributed by atoms with Gasteiger partial charge < -0.3 is 19.7 Å². The van der Waals surface area contributed by atoms with Gasteiger partial charge in [-0.25, -0.2) is 0 Å². The van der Waals surface area contributed by atoms with Gasteiger partial charge >= 0.3 is 0 Å². The van der Waals surface area contributed by atoms with E-state index in [4.69, 9.17) is 21.1 Å². The van der Waals surface area contributed by atoms with E-state index in [1.54, 1.807) is 19.1 Å². The van der Waals surface area contributed by atoms with E-state index in [-0.39, 0.29) is 24.3 Å². The Morgan fingerprint density at radius 3 is 2.38 bits per heavy atom. The number of carbonyl (C=O) groups excluding carboxylic acids is 2. The van der Waals surface area contributed by atoms with Crippen molar-refractivity contribution in [3.8, 4) is 11.5 Å². The number of halogens is 1. The fourth-order valence-corrected chi connectivity index (χ4v) is 3.61. The van der Waals surface area contributed by atoms with Crippen molar-refractivity contribution in [2.24, 2.45) is 0 Å². The van der Waals surface area contributed by atoms with Gasteiger partial charge in [-0.1, -0.05) is 30.9 Å². The average Bonchev–Trinajstić information content (AvgIpc) is 2.63. The highest BCUT2D eigenvalue weighted by atomic mass is 35.5. The Morgan fingerprint density at radius 1 is 1.15 bits per heavy atom. The number of benzene rings is 1. The van der Waals surface area contributed by atoms with Crippen LogP contribution in [-0.2, 0) is 9.59 Å². The monoisotopic (exact) mass is 382 g/mol. The summed E-state index contributed by atoms with van der Waals surface area (Å²) >= 11 is 6.08. The smallest absolute Gasteiger partial charge is 0.226 e. The van der Waals surface area contributed by atoms with E-state index < -0.39 is 0 Å². The van der Waals surface area contributed by atoms with Gasteiger partial charge in [-0.05, 0) is 12.8 Å². The van der Waals surface area contributed by atoms with Crippen molar-refractivity contribution in [3.63, 3.8) is 0 Å². The third kappa shape index (κ3) is 5.27. The van der Waals surface area contributed by atoms with Crippen LogP contribution in [0.3, 0.4) is 0 Å². The second-order valence-electron chi connectivity index (χ2n) is 6.49. The Hall–Kier alpha value is -1.95. The van der Waals surface area contributed by atoms with Gasteiger partial charge in [-0.3, -0.25) is 9.59 Å². The van der Waals surface area contributed by atoms with E-state index in [1.165, 1.54) is 20.6 Å². The van der Waals surface area contributed by atoms with Gasteiger partial charge in [-0.2, -0.15) is 0 Å². The minimum Gasteiger partial charge on any atom is -0.495 e. The first-order chi connectivity index (χ1) is 12.5. The summed E-state index contributed by atoms with van der Waals surface area (Å²) in [6, 6.07) is 3.47. The molecule has 0 spiro atoms. The molecule has 26 heavy (non-hydrogen) atoms. The summed E-state index contributed by atoms with van der Waals surface area (Å²) in [5.41, 5.74) is 0.491. The third-order valence-electron chi connectivity index (χ3n) is 4.75. The van der Waals surface area contributed by atoms with Crippen LogP contribution in [-0.4, -0.2) is 43.5 Å². The molecule has 2 rings (SSSR count). The van der Waals surface area contributed by atoms with E-state index >= 15 is 0 Å². The number of anilines is 1. The molecule has 0 aliphatic heterocycles.